The maximum absolute atomic E-state index is 12.1. The number of amides is 1. The molecule has 0 spiro atoms. The maximum atomic E-state index is 12.1. The quantitative estimate of drug-likeness (QED) is 0.761. The Balaban J connectivity index is 2.39. The van der Waals surface area contributed by atoms with E-state index >= 15 is 0 Å². The number of hydrogen-bond donors (Lipinski definition) is 2. The number of rotatable bonds is 6. The Bertz CT molecular complexity index is 357. The first-order valence-electron chi connectivity index (χ1n) is 7.49. The summed E-state index contributed by atoms with van der Waals surface area (Å²) in [6, 6.07) is 2.20. The van der Waals surface area contributed by atoms with Crippen LogP contribution in [0.15, 0.2) is 0 Å². The van der Waals surface area contributed by atoms with Crippen LogP contribution in [-0.4, -0.2) is 49.6 Å². The molecule has 0 aromatic heterocycles. The molecule has 1 aliphatic rings. The first-order chi connectivity index (χ1) is 9.37. The lowest BCUT2D eigenvalue weighted by Gasteiger charge is -2.30. The van der Waals surface area contributed by atoms with Crippen LogP contribution in [0.1, 0.15) is 33.6 Å². The maximum Gasteiger partial charge on any atom is 0.235 e. The average molecular weight is 280 g/mol. The number of likely N-dealkylation sites (N-methyl/N-ethyl adjacent to an activating group) is 1. The van der Waals surface area contributed by atoms with Crippen molar-refractivity contribution < 1.29 is 4.79 Å². The fourth-order valence-electron chi connectivity index (χ4n) is 2.46. The van der Waals surface area contributed by atoms with E-state index in [9.17, 15) is 10.1 Å². The van der Waals surface area contributed by atoms with E-state index in [4.69, 9.17) is 0 Å². The summed E-state index contributed by atoms with van der Waals surface area (Å²) in [7, 11) is 1.97. The Labute approximate surface area is 122 Å². The highest BCUT2D eigenvalue weighted by atomic mass is 16.2. The molecule has 1 aliphatic heterocycles. The predicted octanol–water partition coefficient (Wildman–Crippen LogP) is 0.972. The number of carbonyl (C=O) groups excluding carboxylic acids is 1. The van der Waals surface area contributed by atoms with E-state index in [1.807, 2.05) is 25.8 Å². The summed E-state index contributed by atoms with van der Waals surface area (Å²) in [6.45, 7) is 9.08. The molecule has 0 bridgehead atoms. The van der Waals surface area contributed by atoms with Crippen molar-refractivity contribution in [2.24, 2.45) is 11.8 Å². The van der Waals surface area contributed by atoms with Crippen LogP contribution < -0.4 is 10.6 Å². The first kappa shape index (κ1) is 16.9. The Morgan fingerprint density at radius 2 is 2.30 bits per heavy atom. The molecule has 2 N–H and O–H groups in total. The van der Waals surface area contributed by atoms with E-state index in [0.717, 1.165) is 19.6 Å². The normalized spacial score (nSPS) is 22.4. The fourth-order valence-corrected chi connectivity index (χ4v) is 2.46. The molecule has 1 amide bonds. The molecule has 0 aromatic carbocycles. The summed E-state index contributed by atoms with van der Waals surface area (Å²) in [5, 5.41) is 15.5. The van der Waals surface area contributed by atoms with Gasteiger partial charge in [0.05, 0.1) is 12.6 Å². The van der Waals surface area contributed by atoms with Gasteiger partial charge in [0, 0.05) is 6.54 Å². The molecule has 20 heavy (non-hydrogen) atoms. The molecular weight excluding hydrogens is 252 g/mol. The highest BCUT2D eigenvalue weighted by Gasteiger charge is 2.30. The topological polar surface area (TPSA) is 68.2 Å². The SMILES string of the molecule is CC(C)C(C)(C#N)NC(=O)CN(C)CC1CCCNC1. The zero-order valence-corrected chi connectivity index (χ0v) is 13.2. The minimum atomic E-state index is -0.787. The van der Waals surface area contributed by atoms with Gasteiger partial charge in [-0.1, -0.05) is 13.8 Å². The average Bonchev–Trinajstić information content (AvgIpc) is 2.39. The molecule has 0 aliphatic carbocycles. The van der Waals surface area contributed by atoms with Crippen LogP contribution >= 0.6 is 0 Å². The van der Waals surface area contributed by atoms with Gasteiger partial charge in [-0.2, -0.15) is 5.26 Å². The monoisotopic (exact) mass is 280 g/mol. The summed E-state index contributed by atoms with van der Waals surface area (Å²) < 4.78 is 0. The van der Waals surface area contributed by atoms with Crippen LogP contribution in [0.2, 0.25) is 0 Å². The largest absolute Gasteiger partial charge is 0.337 e. The summed E-state index contributed by atoms with van der Waals surface area (Å²) >= 11 is 0. The molecule has 1 fully saturated rings. The molecule has 1 rings (SSSR count). The Morgan fingerprint density at radius 1 is 1.60 bits per heavy atom. The predicted molar refractivity (Wildman–Crippen MR) is 80.1 cm³/mol. The first-order valence-corrected chi connectivity index (χ1v) is 7.49. The summed E-state index contributed by atoms with van der Waals surface area (Å²) in [4.78, 5) is 14.1. The highest BCUT2D eigenvalue weighted by Crippen LogP contribution is 2.15. The Kier molecular flexibility index (Phi) is 6.44. The van der Waals surface area contributed by atoms with Crippen LogP contribution in [-0.2, 0) is 4.79 Å². The van der Waals surface area contributed by atoms with E-state index < -0.39 is 5.54 Å². The fraction of sp³-hybridized carbons (Fsp3) is 0.867. The van der Waals surface area contributed by atoms with Crippen molar-refractivity contribution in [2.75, 3.05) is 33.2 Å². The highest BCUT2D eigenvalue weighted by molar-refractivity contribution is 5.79. The van der Waals surface area contributed by atoms with Gasteiger partial charge < -0.3 is 10.6 Å². The number of hydrogen-bond acceptors (Lipinski definition) is 4. The van der Waals surface area contributed by atoms with Gasteiger partial charge >= 0.3 is 0 Å². The Hall–Kier alpha value is -1.12. The lowest BCUT2D eigenvalue weighted by Crippen LogP contribution is -2.52. The van der Waals surface area contributed by atoms with Crippen LogP contribution in [0.25, 0.3) is 0 Å². The van der Waals surface area contributed by atoms with E-state index in [1.54, 1.807) is 6.92 Å². The van der Waals surface area contributed by atoms with Crippen molar-refractivity contribution in [1.29, 1.82) is 5.26 Å². The zero-order chi connectivity index (χ0) is 15.2. The van der Waals surface area contributed by atoms with Crippen molar-refractivity contribution in [2.45, 2.75) is 39.2 Å². The molecule has 5 nitrogen and oxygen atoms in total. The molecule has 5 heteroatoms. The summed E-state index contributed by atoms with van der Waals surface area (Å²) in [5.41, 5.74) is -0.787. The van der Waals surface area contributed by atoms with Gasteiger partial charge in [-0.25, -0.2) is 0 Å². The van der Waals surface area contributed by atoms with Crippen LogP contribution in [0.5, 0.6) is 0 Å². The van der Waals surface area contributed by atoms with Crippen molar-refractivity contribution in [1.82, 2.24) is 15.5 Å². The van der Waals surface area contributed by atoms with Gasteiger partial charge in [0.15, 0.2) is 0 Å². The van der Waals surface area contributed by atoms with E-state index in [1.165, 1.54) is 12.8 Å². The second kappa shape index (κ2) is 7.61. The minimum absolute atomic E-state index is 0.0750. The lowest BCUT2D eigenvalue weighted by molar-refractivity contribution is -0.123. The third-order valence-electron chi connectivity index (χ3n) is 4.17. The second-order valence-electron chi connectivity index (χ2n) is 6.43. The second-order valence-corrected chi connectivity index (χ2v) is 6.43. The van der Waals surface area contributed by atoms with Gasteiger partial charge in [-0.05, 0) is 51.7 Å². The van der Waals surface area contributed by atoms with Gasteiger partial charge in [0.1, 0.15) is 5.54 Å². The van der Waals surface area contributed by atoms with Crippen molar-refractivity contribution >= 4 is 5.91 Å². The van der Waals surface area contributed by atoms with Gasteiger partial charge in [-0.15, -0.1) is 0 Å². The molecular formula is C15H28N4O. The van der Waals surface area contributed by atoms with E-state index in [2.05, 4.69) is 16.7 Å². The molecule has 0 saturated carbocycles. The van der Waals surface area contributed by atoms with E-state index in [-0.39, 0.29) is 11.8 Å². The third kappa shape index (κ3) is 5.10. The van der Waals surface area contributed by atoms with Crippen molar-refractivity contribution in [3.8, 4) is 6.07 Å². The minimum Gasteiger partial charge on any atom is -0.337 e. The standard InChI is InChI=1S/C15H28N4O/c1-12(2)15(3,11-16)18-14(20)10-19(4)9-13-6-5-7-17-8-13/h12-13,17H,5-10H2,1-4H3,(H,18,20). The van der Waals surface area contributed by atoms with Gasteiger partial charge in [0.2, 0.25) is 5.91 Å². The molecule has 1 saturated heterocycles. The lowest BCUT2D eigenvalue weighted by atomic mass is 9.90. The molecule has 2 unspecified atom stereocenters. The van der Waals surface area contributed by atoms with Crippen LogP contribution in [0, 0.1) is 23.2 Å². The Morgan fingerprint density at radius 3 is 2.80 bits per heavy atom. The molecule has 1 heterocycles. The number of nitrogens with one attached hydrogen (secondary N) is 2. The number of carbonyl (C=O) groups is 1. The van der Waals surface area contributed by atoms with E-state index in [0.29, 0.717) is 12.5 Å². The number of nitrogens with zero attached hydrogens (tertiary/aromatic N) is 2. The summed E-state index contributed by atoms with van der Waals surface area (Å²) in [5.74, 6) is 0.632. The zero-order valence-electron chi connectivity index (χ0n) is 13.2. The molecule has 0 radical (unpaired) electrons. The van der Waals surface area contributed by atoms with Crippen molar-refractivity contribution in [3.05, 3.63) is 0 Å². The molecule has 0 aromatic rings. The smallest absolute Gasteiger partial charge is 0.235 e. The van der Waals surface area contributed by atoms with Gasteiger partial charge in [-0.3, -0.25) is 9.69 Å². The van der Waals surface area contributed by atoms with Crippen LogP contribution in [0.4, 0.5) is 0 Å². The third-order valence-corrected chi connectivity index (χ3v) is 4.17. The summed E-state index contributed by atoms with van der Waals surface area (Å²) in [6.07, 6.45) is 2.44. The van der Waals surface area contributed by atoms with Gasteiger partial charge in [0.25, 0.3) is 0 Å². The number of piperidine rings is 1. The van der Waals surface area contributed by atoms with Crippen molar-refractivity contribution in [3.63, 3.8) is 0 Å². The molecule has 114 valence electrons. The number of nitriles is 1. The molecule has 2 atom stereocenters. The van der Waals surface area contributed by atoms with Crippen LogP contribution in [0.3, 0.4) is 0 Å².